The average Bonchev–Trinajstić information content (AvgIpc) is 2.98. The van der Waals surface area contributed by atoms with Crippen molar-refractivity contribution >= 4 is 23.2 Å². The molecule has 2 aromatic rings. The van der Waals surface area contributed by atoms with Crippen molar-refractivity contribution in [3.63, 3.8) is 0 Å². The van der Waals surface area contributed by atoms with Crippen LogP contribution in [0.25, 0.3) is 0 Å². The quantitative estimate of drug-likeness (QED) is 0.853. The highest BCUT2D eigenvalue weighted by Crippen LogP contribution is 2.31. The van der Waals surface area contributed by atoms with Crippen LogP contribution in [0.2, 0.25) is 0 Å². The molecule has 7 heteroatoms. The Bertz CT molecular complexity index is 734. The summed E-state index contributed by atoms with van der Waals surface area (Å²) in [6.07, 6.45) is 5.05. The third-order valence-electron chi connectivity index (χ3n) is 4.82. The number of rotatable bonds is 3. The first-order valence-electron chi connectivity index (χ1n) is 8.09. The zero-order valence-electron chi connectivity index (χ0n) is 13.2. The summed E-state index contributed by atoms with van der Waals surface area (Å²) in [6, 6.07) is 3.53. The molecule has 0 saturated carbocycles. The Kier molecular flexibility index (Phi) is 4.02. The van der Waals surface area contributed by atoms with Gasteiger partial charge < -0.3 is 9.80 Å². The molecule has 0 radical (unpaired) electrons. The number of thiazole rings is 1. The van der Waals surface area contributed by atoms with E-state index in [1.54, 1.807) is 30.0 Å². The molecule has 0 N–H and O–H groups in total. The molecule has 3 aliphatic rings. The fraction of sp³-hybridized carbons (Fsp3) is 0.412. The van der Waals surface area contributed by atoms with Crippen LogP contribution in [0.1, 0.15) is 28.9 Å². The monoisotopic (exact) mass is 342 g/mol. The number of fused-ring (bicyclic) bond motifs is 4. The Balaban J connectivity index is 1.56. The molecule has 0 aromatic carbocycles. The van der Waals surface area contributed by atoms with Crippen molar-refractivity contribution in [1.82, 2.24) is 19.8 Å². The van der Waals surface area contributed by atoms with E-state index in [0.717, 1.165) is 18.5 Å². The topological polar surface area (TPSA) is 66.4 Å². The molecule has 2 bridgehead atoms. The summed E-state index contributed by atoms with van der Waals surface area (Å²) in [4.78, 5) is 37.6. The third kappa shape index (κ3) is 2.80. The van der Waals surface area contributed by atoms with Crippen molar-refractivity contribution in [3.8, 4) is 0 Å². The van der Waals surface area contributed by atoms with Gasteiger partial charge in [0.1, 0.15) is 0 Å². The van der Waals surface area contributed by atoms with Crippen LogP contribution in [0.5, 0.6) is 0 Å². The fourth-order valence-corrected chi connectivity index (χ4v) is 4.13. The molecule has 2 unspecified atom stereocenters. The van der Waals surface area contributed by atoms with Gasteiger partial charge in [0.2, 0.25) is 5.91 Å². The number of piperidine rings is 1. The van der Waals surface area contributed by atoms with Gasteiger partial charge in [-0.05, 0) is 25.0 Å². The van der Waals surface area contributed by atoms with Crippen LogP contribution in [0.4, 0.5) is 0 Å². The summed E-state index contributed by atoms with van der Waals surface area (Å²) in [7, 11) is 0. The maximum Gasteiger partial charge on any atom is 0.254 e. The molecule has 3 saturated heterocycles. The van der Waals surface area contributed by atoms with Crippen LogP contribution in [-0.4, -0.2) is 50.7 Å². The second kappa shape index (κ2) is 6.32. The largest absolute Gasteiger partial charge is 0.336 e. The van der Waals surface area contributed by atoms with Crippen LogP contribution in [0.3, 0.4) is 0 Å². The predicted octanol–water partition coefficient (Wildman–Crippen LogP) is 1.80. The summed E-state index contributed by atoms with van der Waals surface area (Å²) in [5.74, 6) is 0.0371. The van der Waals surface area contributed by atoms with Gasteiger partial charge in [-0.3, -0.25) is 14.6 Å². The fourth-order valence-electron chi connectivity index (χ4n) is 3.58. The predicted molar refractivity (Wildman–Crippen MR) is 89.3 cm³/mol. The lowest BCUT2D eigenvalue weighted by Crippen LogP contribution is -2.47. The minimum atomic E-state index is -0.104. The number of hydrogen-bond donors (Lipinski definition) is 0. The maximum absolute atomic E-state index is 12.8. The minimum absolute atomic E-state index is 0.0161. The van der Waals surface area contributed by atoms with Crippen LogP contribution in [0, 0.1) is 5.92 Å². The Morgan fingerprint density at radius 1 is 1.25 bits per heavy atom. The first-order valence-corrected chi connectivity index (χ1v) is 9.03. The molecule has 0 spiro atoms. The SMILES string of the molecule is O=C(c1ccncc1)N1CC2CCC(C1)N(Cc1cscn1)C2=O. The van der Waals surface area contributed by atoms with Gasteiger partial charge in [0.15, 0.2) is 0 Å². The van der Waals surface area contributed by atoms with Gasteiger partial charge in [-0.25, -0.2) is 4.98 Å². The lowest BCUT2D eigenvalue weighted by Gasteiger charge is -2.35. The van der Waals surface area contributed by atoms with Crippen molar-refractivity contribution < 1.29 is 9.59 Å². The Morgan fingerprint density at radius 2 is 2.08 bits per heavy atom. The van der Waals surface area contributed by atoms with Crippen molar-refractivity contribution in [2.24, 2.45) is 5.92 Å². The Morgan fingerprint density at radius 3 is 2.83 bits per heavy atom. The Hall–Kier alpha value is -2.28. The van der Waals surface area contributed by atoms with Gasteiger partial charge in [0, 0.05) is 42.5 Å². The van der Waals surface area contributed by atoms with Crippen molar-refractivity contribution in [3.05, 3.63) is 46.7 Å². The van der Waals surface area contributed by atoms with Crippen LogP contribution in [0.15, 0.2) is 35.4 Å². The first-order chi connectivity index (χ1) is 11.7. The number of aromatic nitrogens is 2. The molecule has 6 nitrogen and oxygen atoms in total. The number of carbonyl (C=O) groups is 2. The molecule has 0 aliphatic carbocycles. The molecular weight excluding hydrogens is 324 g/mol. The highest BCUT2D eigenvalue weighted by atomic mass is 32.1. The van der Waals surface area contributed by atoms with E-state index in [4.69, 9.17) is 0 Å². The van der Waals surface area contributed by atoms with Crippen LogP contribution in [-0.2, 0) is 11.3 Å². The average molecular weight is 342 g/mol. The van der Waals surface area contributed by atoms with Gasteiger partial charge in [-0.2, -0.15) is 0 Å². The zero-order valence-corrected chi connectivity index (χ0v) is 14.0. The van der Waals surface area contributed by atoms with E-state index in [9.17, 15) is 9.59 Å². The molecule has 3 fully saturated rings. The van der Waals surface area contributed by atoms with Gasteiger partial charge >= 0.3 is 0 Å². The standard InChI is InChI=1S/C17H18N4O2S/c22-16(12-3-5-18-6-4-12)20-7-13-1-2-15(9-20)21(17(13)23)8-14-10-24-11-19-14/h3-6,10-11,13,15H,1-2,7-9H2. The zero-order chi connectivity index (χ0) is 16.5. The van der Waals surface area contributed by atoms with E-state index in [-0.39, 0.29) is 23.8 Å². The maximum atomic E-state index is 12.8. The first kappa shape index (κ1) is 15.3. The number of pyridine rings is 1. The summed E-state index contributed by atoms with van der Waals surface area (Å²) in [5, 5.41) is 1.98. The van der Waals surface area contributed by atoms with Gasteiger partial charge in [-0.15, -0.1) is 11.3 Å². The molecule has 124 valence electrons. The summed E-state index contributed by atoms with van der Waals surface area (Å²) < 4.78 is 0. The smallest absolute Gasteiger partial charge is 0.254 e. The van der Waals surface area contributed by atoms with E-state index < -0.39 is 0 Å². The third-order valence-corrected chi connectivity index (χ3v) is 5.46. The lowest BCUT2D eigenvalue weighted by atomic mass is 9.94. The summed E-state index contributed by atoms with van der Waals surface area (Å²) in [5.41, 5.74) is 3.34. The van der Waals surface area contributed by atoms with Gasteiger partial charge in [0.25, 0.3) is 5.91 Å². The lowest BCUT2D eigenvalue weighted by molar-refractivity contribution is -0.140. The van der Waals surface area contributed by atoms with E-state index in [2.05, 4.69) is 9.97 Å². The van der Waals surface area contributed by atoms with Crippen molar-refractivity contribution in [2.45, 2.75) is 25.4 Å². The van der Waals surface area contributed by atoms with Crippen LogP contribution < -0.4 is 0 Å². The summed E-state index contributed by atoms with van der Waals surface area (Å²) >= 11 is 1.54. The van der Waals surface area contributed by atoms with Crippen molar-refractivity contribution in [2.75, 3.05) is 13.1 Å². The van der Waals surface area contributed by atoms with E-state index in [1.807, 2.05) is 15.2 Å². The van der Waals surface area contributed by atoms with E-state index in [1.165, 1.54) is 11.3 Å². The molecule has 2 amide bonds. The number of carbonyl (C=O) groups excluding carboxylic acids is 2. The Labute approximate surface area is 144 Å². The second-order valence-electron chi connectivity index (χ2n) is 6.32. The molecule has 3 aliphatic heterocycles. The summed E-state index contributed by atoms with van der Waals surface area (Å²) in [6.45, 7) is 1.64. The molecular formula is C17H18N4O2S. The van der Waals surface area contributed by atoms with Crippen molar-refractivity contribution in [1.29, 1.82) is 0 Å². The van der Waals surface area contributed by atoms with E-state index >= 15 is 0 Å². The van der Waals surface area contributed by atoms with Gasteiger partial charge in [0.05, 0.1) is 23.7 Å². The highest BCUT2D eigenvalue weighted by Gasteiger charge is 2.42. The molecule has 24 heavy (non-hydrogen) atoms. The number of amides is 2. The molecule has 2 aromatic heterocycles. The number of hydrogen-bond acceptors (Lipinski definition) is 5. The molecule has 5 rings (SSSR count). The van der Waals surface area contributed by atoms with Gasteiger partial charge in [-0.1, -0.05) is 0 Å². The second-order valence-corrected chi connectivity index (χ2v) is 7.04. The molecule has 5 heterocycles. The highest BCUT2D eigenvalue weighted by molar-refractivity contribution is 7.07. The van der Waals surface area contributed by atoms with E-state index in [0.29, 0.717) is 25.2 Å². The number of nitrogens with zero attached hydrogens (tertiary/aromatic N) is 4. The normalized spacial score (nSPS) is 23.4. The minimum Gasteiger partial charge on any atom is -0.336 e. The van der Waals surface area contributed by atoms with Crippen LogP contribution >= 0.6 is 11.3 Å². The molecule has 2 atom stereocenters.